The van der Waals surface area contributed by atoms with E-state index in [0.717, 1.165) is 31.6 Å². The Morgan fingerprint density at radius 2 is 2.33 bits per heavy atom. The molecule has 0 aromatic carbocycles. The van der Waals surface area contributed by atoms with Crippen LogP contribution in [-0.2, 0) is 7.05 Å². The number of methoxy groups -OCH3 is 1. The van der Waals surface area contributed by atoms with E-state index in [1.54, 1.807) is 19.4 Å². The van der Waals surface area contributed by atoms with Crippen molar-refractivity contribution >= 4 is 11.6 Å². The highest BCUT2D eigenvalue weighted by molar-refractivity contribution is 5.44. The molecule has 0 saturated carbocycles. The summed E-state index contributed by atoms with van der Waals surface area (Å²) >= 11 is 0. The smallest absolute Gasteiger partial charge is 0.226 e. The van der Waals surface area contributed by atoms with Crippen LogP contribution in [0.15, 0.2) is 24.7 Å². The summed E-state index contributed by atoms with van der Waals surface area (Å²) in [4.78, 5) is 10.9. The van der Waals surface area contributed by atoms with Crippen LogP contribution in [0.3, 0.4) is 0 Å². The van der Waals surface area contributed by atoms with Crippen LogP contribution >= 0.6 is 0 Å². The Morgan fingerprint density at radius 3 is 3.10 bits per heavy atom. The van der Waals surface area contributed by atoms with Gasteiger partial charge in [-0.1, -0.05) is 0 Å². The molecule has 1 aliphatic heterocycles. The number of aromatic nitrogens is 4. The van der Waals surface area contributed by atoms with Crippen LogP contribution in [-0.4, -0.2) is 46.0 Å². The van der Waals surface area contributed by atoms with Gasteiger partial charge in [0, 0.05) is 44.6 Å². The zero-order valence-electron chi connectivity index (χ0n) is 12.4. The third kappa shape index (κ3) is 3.24. The molecule has 7 nitrogen and oxygen atoms in total. The molecule has 0 aliphatic carbocycles. The lowest BCUT2D eigenvalue weighted by atomic mass is 10.1. The third-order valence-corrected chi connectivity index (χ3v) is 3.65. The average molecular weight is 288 g/mol. The molecule has 1 N–H and O–H groups in total. The van der Waals surface area contributed by atoms with Gasteiger partial charge in [-0.15, -0.1) is 0 Å². The molecule has 3 heterocycles. The van der Waals surface area contributed by atoms with Gasteiger partial charge in [0.2, 0.25) is 11.8 Å². The number of ether oxygens (including phenoxy) is 1. The molecule has 0 spiro atoms. The van der Waals surface area contributed by atoms with Gasteiger partial charge in [-0.05, 0) is 12.8 Å². The molecule has 3 rings (SSSR count). The molecule has 2 aromatic heterocycles. The van der Waals surface area contributed by atoms with Crippen molar-refractivity contribution in [3.05, 3.63) is 24.7 Å². The molecule has 1 aliphatic rings. The van der Waals surface area contributed by atoms with E-state index in [-0.39, 0.29) is 0 Å². The maximum Gasteiger partial charge on any atom is 0.226 e. The van der Waals surface area contributed by atoms with E-state index < -0.39 is 0 Å². The summed E-state index contributed by atoms with van der Waals surface area (Å²) in [7, 11) is 3.55. The van der Waals surface area contributed by atoms with E-state index in [0.29, 0.717) is 17.9 Å². The molecule has 1 unspecified atom stereocenters. The Balaban J connectivity index is 1.65. The topological polar surface area (TPSA) is 68.1 Å². The lowest BCUT2D eigenvalue weighted by Crippen LogP contribution is -2.42. The molecule has 0 radical (unpaired) electrons. The number of piperidine rings is 1. The lowest BCUT2D eigenvalue weighted by Gasteiger charge is -2.33. The molecule has 1 saturated heterocycles. The van der Waals surface area contributed by atoms with Gasteiger partial charge < -0.3 is 15.0 Å². The van der Waals surface area contributed by atoms with Gasteiger partial charge in [0.15, 0.2) is 0 Å². The Labute approximate surface area is 124 Å². The van der Waals surface area contributed by atoms with Crippen LogP contribution in [0.25, 0.3) is 0 Å². The van der Waals surface area contributed by atoms with E-state index in [4.69, 9.17) is 4.74 Å². The van der Waals surface area contributed by atoms with Crippen molar-refractivity contribution in [3.8, 4) is 5.88 Å². The van der Waals surface area contributed by atoms with Crippen molar-refractivity contribution in [2.24, 2.45) is 7.05 Å². The molecule has 112 valence electrons. The van der Waals surface area contributed by atoms with Gasteiger partial charge in [0.05, 0.1) is 19.0 Å². The van der Waals surface area contributed by atoms with E-state index in [9.17, 15) is 0 Å². The molecule has 1 atom stereocenters. The number of rotatable bonds is 4. The second-order valence-electron chi connectivity index (χ2n) is 5.22. The summed E-state index contributed by atoms with van der Waals surface area (Å²) in [5.74, 6) is 1.19. The third-order valence-electron chi connectivity index (χ3n) is 3.65. The summed E-state index contributed by atoms with van der Waals surface area (Å²) < 4.78 is 6.96. The summed E-state index contributed by atoms with van der Waals surface area (Å²) in [5.41, 5.74) is 1.16. The standard InChI is InChI=1S/C14H20N6O/c1-19-10-12(8-16-19)20-7-3-4-11(9-20)17-14-15-6-5-13(18-14)21-2/h5-6,8,10-11H,3-4,7,9H2,1-2H3,(H,15,17,18). The van der Waals surface area contributed by atoms with Gasteiger partial charge in [0.25, 0.3) is 0 Å². The van der Waals surface area contributed by atoms with Gasteiger partial charge in [-0.25, -0.2) is 4.98 Å². The molecule has 7 heteroatoms. The highest BCUT2D eigenvalue weighted by atomic mass is 16.5. The predicted molar refractivity (Wildman–Crippen MR) is 80.6 cm³/mol. The highest BCUT2D eigenvalue weighted by Gasteiger charge is 2.21. The molecule has 1 fully saturated rings. The normalized spacial score (nSPS) is 18.6. The number of hydrogen-bond donors (Lipinski definition) is 1. The first-order valence-electron chi connectivity index (χ1n) is 7.12. The summed E-state index contributed by atoms with van der Waals surface area (Å²) in [6.07, 6.45) is 7.90. The van der Waals surface area contributed by atoms with E-state index in [1.165, 1.54) is 0 Å². The Hall–Kier alpha value is -2.31. The van der Waals surface area contributed by atoms with E-state index in [1.807, 2.05) is 24.1 Å². The number of nitrogens with one attached hydrogen (secondary N) is 1. The predicted octanol–water partition coefficient (Wildman–Crippen LogP) is 1.30. The highest BCUT2D eigenvalue weighted by Crippen LogP contribution is 2.20. The number of aryl methyl sites for hydroxylation is 1. The molecular formula is C14H20N6O. The summed E-state index contributed by atoms with van der Waals surface area (Å²) in [6, 6.07) is 2.07. The first-order chi connectivity index (χ1) is 10.2. The summed E-state index contributed by atoms with van der Waals surface area (Å²) in [6.45, 7) is 1.98. The van der Waals surface area contributed by atoms with Crippen LogP contribution in [0.5, 0.6) is 5.88 Å². The number of nitrogens with zero attached hydrogens (tertiary/aromatic N) is 5. The van der Waals surface area contributed by atoms with Crippen molar-refractivity contribution in [1.82, 2.24) is 19.7 Å². The zero-order valence-corrected chi connectivity index (χ0v) is 12.4. The van der Waals surface area contributed by atoms with Gasteiger partial charge in [-0.3, -0.25) is 4.68 Å². The molecule has 0 bridgehead atoms. The van der Waals surface area contributed by atoms with Gasteiger partial charge in [-0.2, -0.15) is 10.1 Å². The number of hydrogen-bond acceptors (Lipinski definition) is 6. The Morgan fingerprint density at radius 1 is 1.43 bits per heavy atom. The van der Waals surface area contributed by atoms with Crippen LogP contribution in [0, 0.1) is 0 Å². The largest absolute Gasteiger partial charge is 0.481 e. The SMILES string of the molecule is COc1ccnc(NC2CCCN(c3cnn(C)c3)C2)n1. The van der Waals surface area contributed by atoms with Crippen LogP contribution < -0.4 is 15.0 Å². The van der Waals surface area contributed by atoms with E-state index in [2.05, 4.69) is 25.3 Å². The Bertz CT molecular complexity index is 599. The van der Waals surface area contributed by atoms with Crippen molar-refractivity contribution < 1.29 is 4.74 Å². The second kappa shape index (κ2) is 5.99. The molecule has 21 heavy (non-hydrogen) atoms. The van der Waals surface area contributed by atoms with Gasteiger partial charge in [0.1, 0.15) is 0 Å². The first kappa shape index (κ1) is 13.7. The fourth-order valence-electron chi connectivity index (χ4n) is 2.61. The van der Waals surface area contributed by atoms with Crippen molar-refractivity contribution in [3.63, 3.8) is 0 Å². The maximum atomic E-state index is 5.12. The van der Waals surface area contributed by atoms with Crippen LogP contribution in [0.4, 0.5) is 11.6 Å². The fourth-order valence-corrected chi connectivity index (χ4v) is 2.61. The quantitative estimate of drug-likeness (QED) is 0.914. The van der Waals surface area contributed by atoms with Crippen LogP contribution in [0.1, 0.15) is 12.8 Å². The lowest BCUT2D eigenvalue weighted by molar-refractivity contribution is 0.397. The monoisotopic (exact) mass is 288 g/mol. The maximum absolute atomic E-state index is 5.12. The first-order valence-corrected chi connectivity index (χ1v) is 7.12. The average Bonchev–Trinajstić information content (AvgIpc) is 2.94. The minimum Gasteiger partial charge on any atom is -0.481 e. The zero-order chi connectivity index (χ0) is 14.7. The van der Waals surface area contributed by atoms with E-state index >= 15 is 0 Å². The molecule has 0 amide bonds. The van der Waals surface area contributed by atoms with Crippen molar-refractivity contribution in [1.29, 1.82) is 0 Å². The van der Waals surface area contributed by atoms with Gasteiger partial charge >= 0.3 is 0 Å². The minimum absolute atomic E-state index is 0.325. The van der Waals surface area contributed by atoms with Crippen molar-refractivity contribution in [2.75, 3.05) is 30.4 Å². The molecular weight excluding hydrogens is 268 g/mol. The molecule has 2 aromatic rings. The number of anilines is 2. The Kier molecular flexibility index (Phi) is 3.89. The second-order valence-corrected chi connectivity index (χ2v) is 5.22. The van der Waals surface area contributed by atoms with Crippen molar-refractivity contribution in [2.45, 2.75) is 18.9 Å². The summed E-state index contributed by atoms with van der Waals surface area (Å²) in [5, 5.41) is 7.63. The minimum atomic E-state index is 0.325. The fraction of sp³-hybridized carbons (Fsp3) is 0.500. The van der Waals surface area contributed by atoms with Crippen LogP contribution in [0.2, 0.25) is 0 Å².